The minimum absolute atomic E-state index is 0.304. The van der Waals surface area contributed by atoms with Gasteiger partial charge >= 0.3 is 0 Å². The monoisotopic (exact) mass is 293 g/mol. The highest BCUT2D eigenvalue weighted by atomic mass is 19.2. The third-order valence-corrected chi connectivity index (χ3v) is 4.05. The molecule has 1 aromatic heterocycles. The van der Waals surface area contributed by atoms with E-state index < -0.39 is 17.2 Å². The highest BCUT2D eigenvalue weighted by Crippen LogP contribution is 2.34. The average molecular weight is 293 g/mol. The summed E-state index contributed by atoms with van der Waals surface area (Å²) in [6.45, 7) is 0. The molecule has 0 amide bonds. The van der Waals surface area contributed by atoms with Crippen LogP contribution in [0.15, 0.2) is 22.7 Å². The number of nitrogens with zero attached hydrogens (tertiary/aromatic N) is 2. The van der Waals surface area contributed by atoms with Crippen LogP contribution in [0.3, 0.4) is 0 Å². The summed E-state index contributed by atoms with van der Waals surface area (Å²) < 4.78 is 31.9. The first-order valence-corrected chi connectivity index (χ1v) is 7.13. The molecule has 4 nitrogen and oxygen atoms in total. The van der Waals surface area contributed by atoms with Crippen LogP contribution in [-0.4, -0.2) is 10.1 Å². The summed E-state index contributed by atoms with van der Waals surface area (Å²) >= 11 is 0. The molecule has 1 saturated carbocycles. The Morgan fingerprint density at radius 2 is 1.95 bits per heavy atom. The lowest BCUT2D eigenvalue weighted by molar-refractivity contribution is 0.348. The van der Waals surface area contributed by atoms with Crippen molar-refractivity contribution in [3.8, 4) is 0 Å². The molecule has 0 radical (unpaired) electrons. The Kier molecular flexibility index (Phi) is 3.71. The quantitative estimate of drug-likeness (QED) is 0.941. The van der Waals surface area contributed by atoms with E-state index in [1.807, 2.05) is 0 Å². The van der Waals surface area contributed by atoms with Gasteiger partial charge in [-0.1, -0.05) is 30.1 Å². The lowest BCUT2D eigenvalue weighted by Gasteiger charge is -2.17. The van der Waals surface area contributed by atoms with Gasteiger partial charge in [0.25, 0.3) is 0 Å². The molecule has 0 unspecified atom stereocenters. The lowest BCUT2D eigenvalue weighted by Crippen LogP contribution is -2.34. The summed E-state index contributed by atoms with van der Waals surface area (Å²) in [6.07, 6.45) is 4.50. The lowest BCUT2D eigenvalue weighted by atomic mass is 9.99. The number of aromatic nitrogens is 2. The fourth-order valence-electron chi connectivity index (χ4n) is 2.77. The van der Waals surface area contributed by atoms with Gasteiger partial charge in [0.1, 0.15) is 0 Å². The van der Waals surface area contributed by atoms with Gasteiger partial charge in [-0.2, -0.15) is 4.98 Å². The first kappa shape index (κ1) is 14.1. The van der Waals surface area contributed by atoms with Crippen LogP contribution in [0.2, 0.25) is 0 Å². The minimum atomic E-state index is -0.842. The summed E-state index contributed by atoms with van der Waals surface area (Å²) in [7, 11) is 0. The Hall–Kier alpha value is -1.82. The molecular formula is C15H17F2N3O. The molecule has 0 atom stereocenters. The second-order valence-corrected chi connectivity index (χ2v) is 5.59. The fraction of sp³-hybridized carbons (Fsp3) is 0.467. The predicted molar refractivity (Wildman–Crippen MR) is 72.4 cm³/mol. The zero-order chi connectivity index (χ0) is 14.9. The van der Waals surface area contributed by atoms with Gasteiger partial charge in [0.2, 0.25) is 5.89 Å². The van der Waals surface area contributed by atoms with Gasteiger partial charge in [0, 0.05) is 6.42 Å². The smallest absolute Gasteiger partial charge is 0.227 e. The highest BCUT2D eigenvalue weighted by molar-refractivity contribution is 5.19. The van der Waals surface area contributed by atoms with Gasteiger partial charge in [-0.05, 0) is 30.9 Å². The number of nitrogens with two attached hydrogens (primary N) is 1. The molecule has 1 aliphatic carbocycles. The SMILES string of the molecule is NC1(c2noc(CCc3cccc(F)c3F)n2)CCCC1. The molecular weight excluding hydrogens is 276 g/mol. The fourth-order valence-corrected chi connectivity index (χ4v) is 2.77. The molecule has 1 aliphatic rings. The van der Waals surface area contributed by atoms with Crippen LogP contribution < -0.4 is 5.73 Å². The summed E-state index contributed by atoms with van der Waals surface area (Å²) in [5, 5.41) is 3.94. The molecule has 1 fully saturated rings. The van der Waals surface area contributed by atoms with Gasteiger partial charge in [-0.25, -0.2) is 8.78 Å². The zero-order valence-electron chi connectivity index (χ0n) is 11.6. The van der Waals surface area contributed by atoms with Crippen LogP contribution in [0, 0.1) is 11.6 Å². The van der Waals surface area contributed by atoms with Crippen LogP contribution in [-0.2, 0) is 18.4 Å². The Morgan fingerprint density at radius 3 is 2.71 bits per heavy atom. The van der Waals surface area contributed by atoms with Crippen molar-refractivity contribution in [2.24, 2.45) is 5.73 Å². The van der Waals surface area contributed by atoms with E-state index in [0.717, 1.165) is 31.7 Å². The molecule has 0 bridgehead atoms. The molecule has 1 heterocycles. The van der Waals surface area contributed by atoms with Crippen molar-refractivity contribution < 1.29 is 13.3 Å². The molecule has 0 saturated heterocycles. The second kappa shape index (κ2) is 5.52. The van der Waals surface area contributed by atoms with Gasteiger partial charge in [0.05, 0.1) is 5.54 Å². The molecule has 3 rings (SSSR count). The van der Waals surface area contributed by atoms with Gasteiger partial charge in [0.15, 0.2) is 17.5 Å². The van der Waals surface area contributed by atoms with Crippen LogP contribution >= 0.6 is 0 Å². The van der Waals surface area contributed by atoms with Crippen molar-refractivity contribution in [2.45, 2.75) is 44.1 Å². The van der Waals surface area contributed by atoms with E-state index >= 15 is 0 Å². The van der Waals surface area contributed by atoms with Crippen molar-refractivity contribution in [2.75, 3.05) is 0 Å². The Labute approximate surface area is 121 Å². The maximum atomic E-state index is 13.6. The van der Waals surface area contributed by atoms with Gasteiger partial charge in [-0.15, -0.1) is 0 Å². The van der Waals surface area contributed by atoms with Crippen LogP contribution in [0.25, 0.3) is 0 Å². The van der Waals surface area contributed by atoms with Crippen molar-refractivity contribution in [1.29, 1.82) is 0 Å². The first-order chi connectivity index (χ1) is 10.1. The van der Waals surface area contributed by atoms with E-state index in [-0.39, 0.29) is 0 Å². The molecule has 0 spiro atoms. The normalized spacial score (nSPS) is 17.3. The van der Waals surface area contributed by atoms with Crippen molar-refractivity contribution in [1.82, 2.24) is 10.1 Å². The number of rotatable bonds is 4. The summed E-state index contributed by atoms with van der Waals surface area (Å²) in [5.74, 6) is -0.728. The standard InChI is InChI=1S/C15H17F2N3O/c16-11-5-3-4-10(13(11)17)6-7-12-19-14(20-21-12)15(18)8-1-2-9-15/h3-5H,1-2,6-9,18H2. The number of aryl methyl sites for hydroxylation is 2. The van der Waals surface area contributed by atoms with Crippen LogP contribution in [0.1, 0.15) is 43.0 Å². The van der Waals surface area contributed by atoms with Gasteiger partial charge < -0.3 is 10.3 Å². The van der Waals surface area contributed by atoms with Crippen LogP contribution in [0.4, 0.5) is 8.78 Å². The summed E-state index contributed by atoms with van der Waals surface area (Å²) in [6, 6.07) is 4.14. The molecule has 21 heavy (non-hydrogen) atoms. The third kappa shape index (κ3) is 2.81. The number of benzene rings is 1. The zero-order valence-corrected chi connectivity index (χ0v) is 11.6. The Morgan fingerprint density at radius 1 is 1.19 bits per heavy atom. The number of hydrogen-bond acceptors (Lipinski definition) is 4. The maximum absolute atomic E-state index is 13.6. The number of hydrogen-bond donors (Lipinski definition) is 1. The average Bonchev–Trinajstić information content (AvgIpc) is 3.10. The Balaban J connectivity index is 1.69. The van der Waals surface area contributed by atoms with E-state index in [0.29, 0.717) is 30.1 Å². The molecule has 6 heteroatoms. The topological polar surface area (TPSA) is 64.9 Å². The Bertz CT molecular complexity index is 636. The largest absolute Gasteiger partial charge is 0.339 e. The van der Waals surface area contributed by atoms with E-state index in [4.69, 9.17) is 10.3 Å². The molecule has 1 aromatic carbocycles. The number of halogens is 2. The highest BCUT2D eigenvalue weighted by Gasteiger charge is 2.35. The van der Waals surface area contributed by atoms with E-state index in [1.165, 1.54) is 6.07 Å². The second-order valence-electron chi connectivity index (χ2n) is 5.59. The molecule has 2 aromatic rings. The molecule has 112 valence electrons. The van der Waals surface area contributed by atoms with E-state index in [9.17, 15) is 8.78 Å². The minimum Gasteiger partial charge on any atom is -0.339 e. The van der Waals surface area contributed by atoms with Gasteiger partial charge in [-0.3, -0.25) is 0 Å². The molecule has 2 N–H and O–H groups in total. The van der Waals surface area contributed by atoms with Crippen molar-refractivity contribution in [3.05, 3.63) is 47.1 Å². The van der Waals surface area contributed by atoms with E-state index in [2.05, 4.69) is 10.1 Å². The molecule has 0 aliphatic heterocycles. The summed E-state index contributed by atoms with van der Waals surface area (Å²) in [5.41, 5.74) is 6.06. The predicted octanol–water partition coefficient (Wildman–Crippen LogP) is 2.86. The first-order valence-electron chi connectivity index (χ1n) is 7.13. The van der Waals surface area contributed by atoms with Crippen molar-refractivity contribution in [3.63, 3.8) is 0 Å². The maximum Gasteiger partial charge on any atom is 0.227 e. The van der Waals surface area contributed by atoms with Crippen molar-refractivity contribution >= 4 is 0 Å². The van der Waals surface area contributed by atoms with Crippen LogP contribution in [0.5, 0.6) is 0 Å². The third-order valence-electron chi connectivity index (χ3n) is 4.05. The summed E-state index contributed by atoms with van der Waals surface area (Å²) in [4.78, 5) is 4.31. The van der Waals surface area contributed by atoms with E-state index in [1.54, 1.807) is 6.07 Å².